The molecule has 0 bridgehead atoms. The molecular weight excluding hydrogens is 241 g/mol. The molecule has 1 aromatic carbocycles. The van der Waals surface area contributed by atoms with E-state index in [9.17, 15) is 4.39 Å². The molecule has 0 saturated heterocycles. The molecule has 1 heterocycles. The van der Waals surface area contributed by atoms with E-state index >= 15 is 0 Å². The number of rotatable bonds is 3. The summed E-state index contributed by atoms with van der Waals surface area (Å²) in [5.41, 5.74) is 10.2. The summed E-state index contributed by atoms with van der Waals surface area (Å²) >= 11 is 0. The molecule has 1 atom stereocenters. The zero-order valence-electron chi connectivity index (χ0n) is 11.9. The van der Waals surface area contributed by atoms with Crippen LogP contribution in [0.5, 0.6) is 0 Å². The van der Waals surface area contributed by atoms with Crippen molar-refractivity contribution >= 4 is 0 Å². The molecule has 0 fully saturated rings. The Kier molecular flexibility index (Phi) is 3.71. The second-order valence-electron chi connectivity index (χ2n) is 4.91. The topological polar surface area (TPSA) is 43.8 Å². The Labute approximate surface area is 113 Å². The van der Waals surface area contributed by atoms with Gasteiger partial charge in [-0.3, -0.25) is 0 Å². The molecule has 102 valence electrons. The van der Waals surface area contributed by atoms with Gasteiger partial charge < -0.3 is 5.73 Å². The van der Waals surface area contributed by atoms with Gasteiger partial charge in [-0.1, -0.05) is 13.0 Å². The third-order valence-electron chi connectivity index (χ3n) is 3.52. The van der Waals surface area contributed by atoms with Crippen LogP contribution in [-0.2, 0) is 6.42 Å². The lowest BCUT2D eigenvalue weighted by atomic mass is 10.1. The van der Waals surface area contributed by atoms with Crippen LogP contribution in [0, 0.1) is 19.7 Å². The Morgan fingerprint density at radius 1 is 1.37 bits per heavy atom. The van der Waals surface area contributed by atoms with Crippen LogP contribution in [0.2, 0.25) is 0 Å². The van der Waals surface area contributed by atoms with Crippen molar-refractivity contribution in [2.45, 2.75) is 40.2 Å². The monoisotopic (exact) mass is 261 g/mol. The molecule has 0 spiro atoms. The third-order valence-corrected chi connectivity index (χ3v) is 3.52. The van der Waals surface area contributed by atoms with Gasteiger partial charge in [-0.25, -0.2) is 9.07 Å². The maximum absolute atomic E-state index is 14.2. The molecule has 3 nitrogen and oxygen atoms in total. The molecule has 0 amide bonds. The van der Waals surface area contributed by atoms with Crippen molar-refractivity contribution in [2.75, 3.05) is 0 Å². The summed E-state index contributed by atoms with van der Waals surface area (Å²) in [5.74, 6) is -0.289. The fourth-order valence-corrected chi connectivity index (χ4v) is 2.40. The summed E-state index contributed by atoms with van der Waals surface area (Å²) in [6, 6.07) is 4.91. The second kappa shape index (κ2) is 5.13. The maximum atomic E-state index is 14.2. The minimum atomic E-state index is -0.289. The normalized spacial score (nSPS) is 12.7. The van der Waals surface area contributed by atoms with Gasteiger partial charge in [0.25, 0.3) is 0 Å². The minimum Gasteiger partial charge on any atom is -0.324 e. The molecule has 2 N–H and O–H groups in total. The Hall–Kier alpha value is -1.68. The number of hydrogen-bond donors (Lipinski definition) is 1. The summed E-state index contributed by atoms with van der Waals surface area (Å²) in [7, 11) is 0. The lowest BCUT2D eigenvalue weighted by Crippen LogP contribution is -2.08. The lowest BCUT2D eigenvalue weighted by molar-refractivity contribution is 0.603. The Morgan fingerprint density at radius 2 is 2.05 bits per heavy atom. The van der Waals surface area contributed by atoms with Crippen LogP contribution in [0.25, 0.3) is 5.69 Å². The zero-order valence-corrected chi connectivity index (χ0v) is 11.9. The van der Waals surface area contributed by atoms with Crippen molar-refractivity contribution in [3.05, 3.63) is 46.5 Å². The molecule has 19 heavy (non-hydrogen) atoms. The number of nitrogens with zero attached hydrogens (tertiary/aromatic N) is 2. The van der Waals surface area contributed by atoms with Crippen molar-refractivity contribution in [3.8, 4) is 5.69 Å². The van der Waals surface area contributed by atoms with E-state index in [1.165, 1.54) is 11.6 Å². The Balaban J connectivity index is 2.54. The van der Waals surface area contributed by atoms with Crippen LogP contribution in [-0.4, -0.2) is 9.78 Å². The Bertz CT molecular complexity index is 600. The molecule has 2 rings (SSSR count). The molecule has 4 heteroatoms. The van der Waals surface area contributed by atoms with Gasteiger partial charge in [0.05, 0.1) is 5.69 Å². The number of aromatic nitrogens is 2. The van der Waals surface area contributed by atoms with Crippen LogP contribution in [0.4, 0.5) is 4.39 Å². The van der Waals surface area contributed by atoms with Gasteiger partial charge in [-0.2, -0.15) is 5.10 Å². The van der Waals surface area contributed by atoms with Crippen molar-refractivity contribution in [1.82, 2.24) is 9.78 Å². The summed E-state index contributed by atoms with van der Waals surface area (Å²) in [6.07, 6.45) is 0.900. The largest absolute Gasteiger partial charge is 0.324 e. The average Bonchev–Trinajstić information content (AvgIpc) is 2.64. The summed E-state index contributed by atoms with van der Waals surface area (Å²) in [5, 5.41) is 4.43. The number of hydrogen-bond acceptors (Lipinski definition) is 2. The van der Waals surface area contributed by atoms with Crippen molar-refractivity contribution in [3.63, 3.8) is 0 Å². The number of benzene rings is 1. The number of halogens is 1. The molecule has 0 saturated carbocycles. The van der Waals surface area contributed by atoms with E-state index in [1.54, 1.807) is 10.7 Å². The van der Waals surface area contributed by atoms with E-state index in [0.717, 1.165) is 23.4 Å². The molecule has 1 unspecified atom stereocenters. The van der Waals surface area contributed by atoms with E-state index in [0.29, 0.717) is 5.69 Å². The SMILES string of the molecule is CCc1c(C)nn(-c2ccc(C(C)N)cc2F)c1C. The zero-order chi connectivity index (χ0) is 14.2. The smallest absolute Gasteiger partial charge is 0.149 e. The van der Waals surface area contributed by atoms with Crippen LogP contribution in [0.15, 0.2) is 18.2 Å². The predicted octanol–water partition coefficient (Wildman–Crippen LogP) is 3.21. The van der Waals surface area contributed by atoms with Crippen molar-refractivity contribution in [1.29, 1.82) is 0 Å². The quantitative estimate of drug-likeness (QED) is 0.922. The van der Waals surface area contributed by atoms with E-state index in [1.807, 2.05) is 26.8 Å². The third kappa shape index (κ3) is 2.40. The average molecular weight is 261 g/mol. The fraction of sp³-hybridized carbons (Fsp3) is 0.400. The van der Waals surface area contributed by atoms with Gasteiger partial charge in [0, 0.05) is 11.7 Å². The standard InChI is InChI=1S/C15H20FN3/c1-5-13-10(3)18-19(11(13)4)15-7-6-12(9(2)17)8-14(15)16/h6-9H,5,17H2,1-4H3. The molecule has 2 aromatic rings. The predicted molar refractivity (Wildman–Crippen MR) is 75.0 cm³/mol. The lowest BCUT2D eigenvalue weighted by Gasteiger charge is -2.10. The maximum Gasteiger partial charge on any atom is 0.149 e. The summed E-state index contributed by atoms with van der Waals surface area (Å²) < 4.78 is 15.9. The van der Waals surface area contributed by atoms with E-state index < -0.39 is 0 Å². The van der Waals surface area contributed by atoms with Crippen LogP contribution >= 0.6 is 0 Å². The number of nitrogens with two attached hydrogens (primary N) is 1. The molecule has 0 aliphatic rings. The second-order valence-corrected chi connectivity index (χ2v) is 4.91. The molecule has 0 aliphatic heterocycles. The van der Waals surface area contributed by atoms with Gasteiger partial charge in [0.1, 0.15) is 11.5 Å². The van der Waals surface area contributed by atoms with E-state index in [-0.39, 0.29) is 11.9 Å². The summed E-state index contributed by atoms with van der Waals surface area (Å²) in [6.45, 7) is 7.85. The van der Waals surface area contributed by atoms with Crippen LogP contribution in [0.1, 0.15) is 42.4 Å². The van der Waals surface area contributed by atoms with Gasteiger partial charge >= 0.3 is 0 Å². The van der Waals surface area contributed by atoms with Crippen LogP contribution < -0.4 is 5.73 Å². The first kappa shape index (κ1) is 13.7. The molecule has 0 aliphatic carbocycles. The highest BCUT2D eigenvalue weighted by Crippen LogP contribution is 2.22. The molecule has 1 aromatic heterocycles. The molecular formula is C15H20FN3. The van der Waals surface area contributed by atoms with Crippen molar-refractivity contribution in [2.24, 2.45) is 5.73 Å². The minimum absolute atomic E-state index is 0.171. The first-order valence-electron chi connectivity index (χ1n) is 6.56. The van der Waals surface area contributed by atoms with Crippen LogP contribution in [0.3, 0.4) is 0 Å². The van der Waals surface area contributed by atoms with Gasteiger partial charge in [0.2, 0.25) is 0 Å². The highest BCUT2D eigenvalue weighted by Gasteiger charge is 2.14. The molecule has 0 radical (unpaired) electrons. The highest BCUT2D eigenvalue weighted by atomic mass is 19.1. The van der Waals surface area contributed by atoms with Crippen molar-refractivity contribution < 1.29 is 4.39 Å². The number of aryl methyl sites for hydroxylation is 1. The van der Waals surface area contributed by atoms with Gasteiger partial charge in [0.15, 0.2) is 0 Å². The highest BCUT2D eigenvalue weighted by molar-refractivity contribution is 5.40. The first-order chi connectivity index (χ1) is 8.95. The fourth-order valence-electron chi connectivity index (χ4n) is 2.40. The first-order valence-corrected chi connectivity index (χ1v) is 6.56. The van der Waals surface area contributed by atoms with E-state index in [4.69, 9.17) is 5.73 Å². The van der Waals surface area contributed by atoms with Gasteiger partial charge in [-0.05, 0) is 50.5 Å². The van der Waals surface area contributed by atoms with Gasteiger partial charge in [-0.15, -0.1) is 0 Å². The summed E-state index contributed by atoms with van der Waals surface area (Å²) in [4.78, 5) is 0. The van der Waals surface area contributed by atoms with E-state index in [2.05, 4.69) is 12.0 Å². The Morgan fingerprint density at radius 3 is 2.53 bits per heavy atom.